The average Bonchev–Trinajstić information content (AvgIpc) is 2.26. The minimum atomic E-state index is -0.372. The molecule has 0 aliphatic carbocycles. The Labute approximate surface area is 103 Å². The lowest BCUT2D eigenvalue weighted by Crippen LogP contribution is -2.06. The third-order valence-corrected chi connectivity index (χ3v) is 3.46. The Balaban J connectivity index is 3.09. The van der Waals surface area contributed by atoms with Gasteiger partial charge >= 0.3 is 5.97 Å². The van der Waals surface area contributed by atoms with Crippen LogP contribution in [0.2, 0.25) is 0 Å². The van der Waals surface area contributed by atoms with Crippen molar-refractivity contribution in [2.24, 2.45) is 0 Å². The molecule has 1 atom stereocenters. The molecular formula is C12H13BrO3. The lowest BCUT2D eigenvalue weighted by molar-refractivity contribution is -0.116. The summed E-state index contributed by atoms with van der Waals surface area (Å²) in [6, 6.07) is 5.14. The standard InChI is InChI=1S/C12H13BrO3/c1-7-6-9(12(15)16-3)4-5-10(7)11(13)8(2)14/h4-6,11H,1-3H3. The average molecular weight is 285 g/mol. The van der Waals surface area contributed by atoms with E-state index in [0.717, 1.165) is 11.1 Å². The number of rotatable bonds is 3. The Kier molecular flexibility index (Phi) is 4.24. The van der Waals surface area contributed by atoms with Crippen LogP contribution in [0.4, 0.5) is 0 Å². The van der Waals surface area contributed by atoms with Crippen LogP contribution in [-0.4, -0.2) is 18.9 Å². The van der Waals surface area contributed by atoms with Crippen molar-refractivity contribution in [1.29, 1.82) is 0 Å². The Morgan fingerprint density at radius 2 is 2.00 bits per heavy atom. The van der Waals surface area contributed by atoms with Crippen LogP contribution in [0, 0.1) is 6.92 Å². The van der Waals surface area contributed by atoms with Gasteiger partial charge in [0.05, 0.1) is 17.5 Å². The Hall–Kier alpha value is -1.16. The third kappa shape index (κ3) is 2.70. The van der Waals surface area contributed by atoms with Crippen molar-refractivity contribution in [2.75, 3.05) is 7.11 Å². The molecule has 0 fully saturated rings. The van der Waals surface area contributed by atoms with Gasteiger partial charge < -0.3 is 4.74 Å². The van der Waals surface area contributed by atoms with Crippen LogP contribution in [0.5, 0.6) is 0 Å². The summed E-state index contributed by atoms with van der Waals surface area (Å²) < 4.78 is 4.62. The van der Waals surface area contributed by atoms with Crippen LogP contribution in [0.15, 0.2) is 18.2 Å². The van der Waals surface area contributed by atoms with Crippen molar-refractivity contribution in [3.63, 3.8) is 0 Å². The molecule has 1 aromatic carbocycles. The van der Waals surface area contributed by atoms with Crippen LogP contribution in [0.25, 0.3) is 0 Å². The number of halogens is 1. The van der Waals surface area contributed by atoms with Crippen molar-refractivity contribution in [2.45, 2.75) is 18.7 Å². The highest BCUT2D eigenvalue weighted by atomic mass is 79.9. The second-order valence-corrected chi connectivity index (χ2v) is 4.45. The molecule has 0 aromatic heterocycles. The number of benzene rings is 1. The number of ether oxygens (including phenoxy) is 1. The quantitative estimate of drug-likeness (QED) is 0.633. The van der Waals surface area contributed by atoms with Gasteiger partial charge in [0.1, 0.15) is 5.78 Å². The molecule has 1 aromatic rings. The van der Waals surface area contributed by atoms with Crippen LogP contribution >= 0.6 is 15.9 Å². The van der Waals surface area contributed by atoms with Gasteiger partial charge in [-0.15, -0.1) is 0 Å². The van der Waals surface area contributed by atoms with Crippen molar-refractivity contribution in [3.8, 4) is 0 Å². The number of hydrogen-bond acceptors (Lipinski definition) is 3. The second kappa shape index (κ2) is 5.25. The van der Waals surface area contributed by atoms with Crippen molar-refractivity contribution < 1.29 is 14.3 Å². The topological polar surface area (TPSA) is 43.4 Å². The first-order valence-corrected chi connectivity index (χ1v) is 5.72. The summed E-state index contributed by atoms with van der Waals surface area (Å²) in [7, 11) is 1.34. The number of Topliss-reactive ketones (excluding diaryl/α,β-unsaturated/α-hetero) is 1. The zero-order valence-electron chi connectivity index (χ0n) is 9.41. The van der Waals surface area contributed by atoms with Crippen molar-refractivity contribution in [1.82, 2.24) is 0 Å². The highest BCUT2D eigenvalue weighted by molar-refractivity contribution is 9.09. The smallest absolute Gasteiger partial charge is 0.337 e. The molecule has 4 heteroatoms. The molecule has 16 heavy (non-hydrogen) atoms. The summed E-state index contributed by atoms with van der Waals surface area (Å²) in [6.45, 7) is 3.38. The lowest BCUT2D eigenvalue weighted by Gasteiger charge is -2.11. The molecule has 1 unspecified atom stereocenters. The largest absolute Gasteiger partial charge is 0.465 e. The lowest BCUT2D eigenvalue weighted by atomic mass is 10.0. The zero-order valence-corrected chi connectivity index (χ0v) is 11.0. The van der Waals surface area contributed by atoms with E-state index >= 15 is 0 Å². The van der Waals surface area contributed by atoms with Gasteiger partial charge in [0.2, 0.25) is 0 Å². The summed E-state index contributed by atoms with van der Waals surface area (Å²) in [5.41, 5.74) is 2.26. The predicted octanol–water partition coefficient (Wildman–Crippen LogP) is 2.81. The number of carbonyl (C=O) groups excluding carboxylic acids is 2. The number of alkyl halides is 1. The summed E-state index contributed by atoms with van der Waals surface area (Å²) in [5.74, 6) is -0.336. The molecule has 3 nitrogen and oxygen atoms in total. The molecule has 0 amide bonds. The van der Waals surface area contributed by atoms with Gasteiger partial charge in [-0.25, -0.2) is 4.79 Å². The fourth-order valence-electron chi connectivity index (χ4n) is 1.42. The van der Waals surface area contributed by atoms with E-state index < -0.39 is 0 Å². The van der Waals surface area contributed by atoms with Gasteiger partial charge in [0.25, 0.3) is 0 Å². The Morgan fingerprint density at radius 1 is 1.38 bits per heavy atom. The number of ketones is 1. The first-order valence-electron chi connectivity index (χ1n) is 4.80. The maximum absolute atomic E-state index is 11.3. The normalized spacial score (nSPS) is 12.0. The van der Waals surface area contributed by atoms with E-state index in [0.29, 0.717) is 5.56 Å². The number of aryl methyl sites for hydroxylation is 1. The third-order valence-electron chi connectivity index (χ3n) is 2.32. The van der Waals surface area contributed by atoms with Gasteiger partial charge in [0.15, 0.2) is 0 Å². The van der Waals surface area contributed by atoms with Gasteiger partial charge in [-0.1, -0.05) is 22.0 Å². The molecule has 0 aliphatic heterocycles. The minimum absolute atomic E-state index is 0.0360. The Bertz CT molecular complexity index is 426. The van der Waals surface area contributed by atoms with E-state index in [-0.39, 0.29) is 16.6 Å². The van der Waals surface area contributed by atoms with Crippen LogP contribution in [0.3, 0.4) is 0 Å². The SMILES string of the molecule is COC(=O)c1ccc(C(Br)C(C)=O)c(C)c1. The summed E-state index contributed by atoms with van der Waals surface area (Å²) >= 11 is 3.31. The molecule has 0 saturated carbocycles. The molecule has 0 N–H and O–H groups in total. The summed E-state index contributed by atoms with van der Waals surface area (Å²) in [6.07, 6.45) is 0. The fraction of sp³-hybridized carbons (Fsp3) is 0.333. The van der Waals surface area contributed by atoms with E-state index in [1.54, 1.807) is 18.2 Å². The summed E-state index contributed by atoms with van der Waals surface area (Å²) in [5, 5.41) is 0. The van der Waals surface area contributed by atoms with E-state index in [2.05, 4.69) is 20.7 Å². The van der Waals surface area contributed by atoms with Crippen molar-refractivity contribution in [3.05, 3.63) is 34.9 Å². The molecule has 1 rings (SSSR count). The molecular weight excluding hydrogens is 272 g/mol. The molecule has 0 heterocycles. The highest BCUT2D eigenvalue weighted by Crippen LogP contribution is 2.27. The number of methoxy groups -OCH3 is 1. The number of hydrogen-bond donors (Lipinski definition) is 0. The van der Waals surface area contributed by atoms with Gasteiger partial charge in [0, 0.05) is 0 Å². The van der Waals surface area contributed by atoms with Crippen LogP contribution in [0.1, 0.15) is 33.2 Å². The first kappa shape index (κ1) is 12.9. The van der Waals surface area contributed by atoms with Gasteiger partial charge in [-0.2, -0.15) is 0 Å². The van der Waals surface area contributed by atoms with E-state index in [9.17, 15) is 9.59 Å². The predicted molar refractivity (Wildman–Crippen MR) is 64.9 cm³/mol. The van der Waals surface area contributed by atoms with Gasteiger partial charge in [-0.3, -0.25) is 4.79 Å². The maximum atomic E-state index is 11.3. The molecule has 0 spiro atoms. The molecule has 0 aliphatic rings. The van der Waals surface area contributed by atoms with Crippen LogP contribution < -0.4 is 0 Å². The molecule has 86 valence electrons. The molecule has 0 radical (unpaired) electrons. The van der Waals surface area contributed by atoms with E-state index in [4.69, 9.17) is 0 Å². The van der Waals surface area contributed by atoms with E-state index in [1.807, 2.05) is 6.92 Å². The van der Waals surface area contributed by atoms with Crippen molar-refractivity contribution >= 4 is 27.7 Å². The zero-order chi connectivity index (χ0) is 12.3. The Morgan fingerprint density at radius 3 is 2.44 bits per heavy atom. The maximum Gasteiger partial charge on any atom is 0.337 e. The van der Waals surface area contributed by atoms with Gasteiger partial charge in [-0.05, 0) is 37.1 Å². The second-order valence-electron chi connectivity index (χ2n) is 3.54. The van der Waals surface area contributed by atoms with Crippen LogP contribution in [-0.2, 0) is 9.53 Å². The number of carbonyl (C=O) groups is 2. The monoisotopic (exact) mass is 284 g/mol. The highest BCUT2D eigenvalue weighted by Gasteiger charge is 2.16. The fourth-order valence-corrected chi connectivity index (χ4v) is 1.94. The summed E-state index contributed by atoms with van der Waals surface area (Å²) in [4.78, 5) is 22.2. The molecule has 0 saturated heterocycles. The first-order chi connectivity index (χ1) is 7.47. The molecule has 0 bridgehead atoms. The minimum Gasteiger partial charge on any atom is -0.465 e. The number of esters is 1. The van der Waals surface area contributed by atoms with E-state index in [1.165, 1.54) is 14.0 Å².